The van der Waals surface area contributed by atoms with Gasteiger partial charge in [0.2, 0.25) is 0 Å². The molecule has 0 amide bonds. The molecule has 0 aromatic rings. The SMILES string of the molecule is CC1=CCCC2(C)OC3C(C)(CCC2O)OC32OC(=O)C(C)=C2CC1. The molecule has 1 N–H and O–H groups in total. The van der Waals surface area contributed by atoms with Crippen molar-refractivity contribution in [1.82, 2.24) is 0 Å². The molecule has 4 heterocycles. The molecule has 2 saturated heterocycles. The van der Waals surface area contributed by atoms with Crippen LogP contribution in [0, 0.1) is 0 Å². The van der Waals surface area contributed by atoms with Crippen molar-refractivity contribution in [1.29, 1.82) is 0 Å². The van der Waals surface area contributed by atoms with E-state index in [0.29, 0.717) is 18.4 Å². The van der Waals surface area contributed by atoms with Gasteiger partial charge < -0.3 is 19.3 Å². The first-order valence-electron chi connectivity index (χ1n) is 9.35. The van der Waals surface area contributed by atoms with Crippen LogP contribution in [0.25, 0.3) is 0 Å². The van der Waals surface area contributed by atoms with Crippen molar-refractivity contribution in [3.8, 4) is 0 Å². The Morgan fingerprint density at radius 3 is 2.68 bits per heavy atom. The first-order chi connectivity index (χ1) is 11.7. The Morgan fingerprint density at radius 2 is 1.92 bits per heavy atom. The third-order valence-electron chi connectivity index (χ3n) is 6.62. The van der Waals surface area contributed by atoms with Crippen LogP contribution in [0.4, 0.5) is 0 Å². The lowest BCUT2D eigenvalue weighted by molar-refractivity contribution is -0.419. The molecule has 0 aromatic carbocycles. The highest BCUT2D eigenvalue weighted by molar-refractivity contribution is 5.92. The van der Waals surface area contributed by atoms with E-state index >= 15 is 0 Å². The first-order valence-corrected chi connectivity index (χ1v) is 9.35. The molecule has 2 fully saturated rings. The van der Waals surface area contributed by atoms with E-state index in [-0.39, 0.29) is 12.1 Å². The molecule has 2 bridgehead atoms. The summed E-state index contributed by atoms with van der Waals surface area (Å²) in [5, 5.41) is 10.7. The van der Waals surface area contributed by atoms with Crippen molar-refractivity contribution in [2.75, 3.05) is 0 Å². The Bertz CT molecular complexity index is 680. The zero-order valence-electron chi connectivity index (χ0n) is 15.6. The predicted molar refractivity (Wildman–Crippen MR) is 91.8 cm³/mol. The molecule has 5 atom stereocenters. The molecule has 5 heteroatoms. The van der Waals surface area contributed by atoms with Crippen LogP contribution in [0.15, 0.2) is 22.8 Å². The number of fused-ring (bicyclic) bond motifs is 1. The van der Waals surface area contributed by atoms with Gasteiger partial charge in [-0.25, -0.2) is 4.79 Å². The Morgan fingerprint density at radius 1 is 1.16 bits per heavy atom. The van der Waals surface area contributed by atoms with Crippen molar-refractivity contribution in [3.63, 3.8) is 0 Å². The normalized spacial score (nSPS) is 47.1. The van der Waals surface area contributed by atoms with Gasteiger partial charge in [-0.05, 0) is 66.2 Å². The number of rotatable bonds is 0. The Balaban J connectivity index is 1.82. The van der Waals surface area contributed by atoms with Gasteiger partial charge in [0.05, 0.1) is 11.7 Å². The number of hydrogen-bond donors (Lipinski definition) is 1. The second-order valence-corrected chi connectivity index (χ2v) is 8.53. The third kappa shape index (κ3) is 2.36. The second-order valence-electron chi connectivity index (χ2n) is 8.53. The molecular weight excluding hydrogens is 320 g/mol. The topological polar surface area (TPSA) is 65.0 Å². The van der Waals surface area contributed by atoms with Gasteiger partial charge in [0, 0.05) is 11.1 Å². The van der Waals surface area contributed by atoms with Crippen molar-refractivity contribution in [2.24, 2.45) is 0 Å². The second kappa shape index (κ2) is 5.41. The number of esters is 1. The Kier molecular flexibility index (Phi) is 3.74. The summed E-state index contributed by atoms with van der Waals surface area (Å²) in [5.74, 6) is -1.42. The fourth-order valence-corrected chi connectivity index (χ4v) is 4.83. The van der Waals surface area contributed by atoms with Crippen LogP contribution in [-0.4, -0.2) is 40.3 Å². The van der Waals surface area contributed by atoms with E-state index in [4.69, 9.17) is 14.2 Å². The molecule has 5 unspecified atom stereocenters. The van der Waals surface area contributed by atoms with Crippen LogP contribution in [-0.2, 0) is 19.0 Å². The number of aliphatic hydroxyl groups excluding tert-OH is 1. The molecule has 0 aromatic heterocycles. The molecule has 0 aliphatic carbocycles. The highest BCUT2D eigenvalue weighted by atomic mass is 16.8. The summed E-state index contributed by atoms with van der Waals surface area (Å²) in [7, 11) is 0. The summed E-state index contributed by atoms with van der Waals surface area (Å²) >= 11 is 0. The van der Waals surface area contributed by atoms with Crippen LogP contribution >= 0.6 is 0 Å². The number of carbonyl (C=O) groups excluding carboxylic acids is 1. The van der Waals surface area contributed by atoms with Gasteiger partial charge in [0.25, 0.3) is 5.79 Å². The van der Waals surface area contributed by atoms with E-state index in [1.165, 1.54) is 5.57 Å². The van der Waals surface area contributed by atoms with Gasteiger partial charge in [-0.3, -0.25) is 0 Å². The van der Waals surface area contributed by atoms with E-state index in [0.717, 1.165) is 31.3 Å². The van der Waals surface area contributed by atoms with Crippen LogP contribution in [0.1, 0.15) is 66.2 Å². The maximum Gasteiger partial charge on any atom is 0.336 e. The largest absolute Gasteiger partial charge is 0.422 e. The molecule has 4 aliphatic heterocycles. The summed E-state index contributed by atoms with van der Waals surface area (Å²) in [6, 6.07) is 0. The lowest BCUT2D eigenvalue weighted by Crippen LogP contribution is -2.73. The predicted octanol–water partition coefficient (Wildman–Crippen LogP) is 3.16. The summed E-state index contributed by atoms with van der Waals surface area (Å²) in [6.45, 7) is 7.91. The average Bonchev–Trinajstić information content (AvgIpc) is 2.75. The monoisotopic (exact) mass is 348 g/mol. The van der Waals surface area contributed by atoms with Gasteiger partial charge in [0.15, 0.2) is 6.10 Å². The van der Waals surface area contributed by atoms with Crippen molar-refractivity contribution >= 4 is 5.97 Å². The summed E-state index contributed by atoms with van der Waals surface area (Å²) in [4.78, 5) is 12.3. The molecule has 1 spiro atoms. The molecule has 5 nitrogen and oxygen atoms in total. The minimum absolute atomic E-state index is 0.314. The quantitative estimate of drug-likeness (QED) is 0.538. The zero-order chi connectivity index (χ0) is 18.0. The van der Waals surface area contributed by atoms with E-state index in [9.17, 15) is 9.90 Å². The third-order valence-corrected chi connectivity index (χ3v) is 6.62. The summed E-state index contributed by atoms with van der Waals surface area (Å²) in [6.07, 6.45) is 5.80. The maximum atomic E-state index is 12.3. The smallest absolute Gasteiger partial charge is 0.336 e. The highest BCUT2D eigenvalue weighted by Gasteiger charge is 2.72. The van der Waals surface area contributed by atoms with E-state index in [1.54, 1.807) is 0 Å². The van der Waals surface area contributed by atoms with Gasteiger partial charge in [-0.15, -0.1) is 0 Å². The lowest BCUT2D eigenvalue weighted by Gasteiger charge is -2.58. The Hall–Kier alpha value is -1.17. The minimum atomic E-state index is -1.11. The van der Waals surface area contributed by atoms with Gasteiger partial charge in [-0.1, -0.05) is 11.6 Å². The molecular formula is C20H28O5. The van der Waals surface area contributed by atoms with Gasteiger partial charge >= 0.3 is 5.97 Å². The average molecular weight is 348 g/mol. The number of carbonyl (C=O) groups is 1. The number of hydrogen-bond acceptors (Lipinski definition) is 5. The highest BCUT2D eigenvalue weighted by Crippen LogP contribution is 2.58. The van der Waals surface area contributed by atoms with E-state index < -0.39 is 23.1 Å². The number of allylic oxidation sites excluding steroid dienone is 2. The molecule has 4 aliphatic rings. The first kappa shape index (κ1) is 17.3. The van der Waals surface area contributed by atoms with E-state index in [2.05, 4.69) is 13.0 Å². The number of aliphatic hydroxyl groups is 1. The van der Waals surface area contributed by atoms with Crippen molar-refractivity contribution in [2.45, 2.75) is 95.4 Å². The van der Waals surface area contributed by atoms with Crippen LogP contribution in [0.3, 0.4) is 0 Å². The maximum absolute atomic E-state index is 12.3. The standard InChI is InChI=1S/C20H28O5/c1-12-6-5-10-18(3)15(21)9-11-19(4)17(24-18)20(25-19)14(8-7-12)13(2)16(22)23-20/h6,15,17,21H,5,7-11H2,1-4H3. The number of ether oxygens (including phenoxy) is 3. The van der Waals surface area contributed by atoms with Crippen LogP contribution in [0.2, 0.25) is 0 Å². The Labute approximate surface area is 149 Å². The van der Waals surface area contributed by atoms with Crippen LogP contribution in [0.5, 0.6) is 0 Å². The lowest BCUT2D eigenvalue weighted by atomic mass is 9.76. The minimum Gasteiger partial charge on any atom is -0.422 e. The fraction of sp³-hybridized carbons (Fsp3) is 0.750. The zero-order valence-corrected chi connectivity index (χ0v) is 15.6. The van der Waals surface area contributed by atoms with Crippen LogP contribution < -0.4 is 0 Å². The van der Waals surface area contributed by atoms with Gasteiger partial charge in [0.1, 0.15) is 5.60 Å². The fourth-order valence-electron chi connectivity index (χ4n) is 4.83. The molecule has 138 valence electrons. The van der Waals surface area contributed by atoms with Gasteiger partial charge in [-0.2, -0.15) is 0 Å². The summed E-state index contributed by atoms with van der Waals surface area (Å²) in [5.41, 5.74) is 1.63. The van der Waals surface area contributed by atoms with Crippen molar-refractivity contribution in [3.05, 3.63) is 22.8 Å². The molecule has 0 saturated carbocycles. The molecule has 25 heavy (non-hydrogen) atoms. The molecule has 4 rings (SSSR count). The van der Waals surface area contributed by atoms with Crippen molar-refractivity contribution < 1.29 is 24.1 Å². The molecule has 0 radical (unpaired) electrons. The summed E-state index contributed by atoms with van der Waals surface area (Å²) < 4.78 is 18.6. The van der Waals surface area contributed by atoms with E-state index in [1.807, 2.05) is 20.8 Å².